The van der Waals surface area contributed by atoms with E-state index in [-0.39, 0.29) is 37.5 Å². The minimum Gasteiger partial charge on any atom is -0.462 e. The van der Waals surface area contributed by atoms with E-state index in [1.165, 1.54) is 212 Å². The highest BCUT2D eigenvalue weighted by molar-refractivity contribution is 5.71. The number of unbranched alkanes of at least 4 members (excludes halogenated alkanes) is 39. The molecule has 1 unspecified atom stereocenters. The maximum absolute atomic E-state index is 12.8. The van der Waals surface area contributed by atoms with Crippen LogP contribution in [-0.4, -0.2) is 37.2 Å². The van der Waals surface area contributed by atoms with Crippen molar-refractivity contribution in [2.75, 3.05) is 13.2 Å². The molecule has 0 spiro atoms. The molecule has 0 radical (unpaired) electrons. The van der Waals surface area contributed by atoms with Crippen LogP contribution in [0.4, 0.5) is 0 Å². The fourth-order valence-corrected chi connectivity index (χ4v) is 9.38. The SMILES string of the molecule is CC/C=C\C/C=C\C/C=C\C/C=C\CCCCC(=O)OC(COC(=O)CCCCCCCCC)COC(=O)CCCCCCCCCCCCCCCCCCCCCCCCCCCCCCCCCC. The summed E-state index contributed by atoms with van der Waals surface area (Å²) in [6.07, 6.45) is 76.1. The van der Waals surface area contributed by atoms with Crippen LogP contribution in [0.5, 0.6) is 0 Å². The van der Waals surface area contributed by atoms with Gasteiger partial charge in [-0.05, 0) is 57.8 Å². The molecule has 0 aromatic rings. The third-order valence-electron chi connectivity index (χ3n) is 14.1. The highest BCUT2D eigenvalue weighted by atomic mass is 16.6. The molecule has 0 saturated carbocycles. The van der Waals surface area contributed by atoms with Gasteiger partial charge in [-0.2, -0.15) is 0 Å². The Morgan fingerprint density at radius 2 is 0.542 bits per heavy atom. The number of allylic oxidation sites excluding steroid dienone is 8. The lowest BCUT2D eigenvalue weighted by Crippen LogP contribution is -2.30. The van der Waals surface area contributed by atoms with Crippen LogP contribution >= 0.6 is 0 Å². The first kappa shape index (κ1) is 69.4. The van der Waals surface area contributed by atoms with Gasteiger partial charge in [0.25, 0.3) is 0 Å². The molecule has 0 aliphatic carbocycles. The second-order valence-corrected chi connectivity index (χ2v) is 21.3. The number of carbonyl (C=O) groups is 3. The van der Waals surface area contributed by atoms with Gasteiger partial charge < -0.3 is 14.2 Å². The Balaban J connectivity index is 3.98. The Morgan fingerprint density at radius 1 is 0.292 bits per heavy atom. The first-order chi connectivity index (χ1) is 35.5. The van der Waals surface area contributed by atoms with Gasteiger partial charge in [-0.3, -0.25) is 14.4 Å². The number of rotatable bonds is 58. The zero-order valence-corrected chi connectivity index (χ0v) is 48.2. The van der Waals surface area contributed by atoms with E-state index < -0.39 is 6.10 Å². The standard InChI is InChI=1S/C66H120O6/c1-4-7-10-13-16-18-20-22-24-25-26-27-28-29-30-31-32-33-34-35-36-37-38-39-40-42-43-45-47-50-53-56-59-65(68)71-62-63(61-70-64(67)58-55-52-49-15-12-9-6-3)72-66(69)60-57-54-51-48-46-44-41-23-21-19-17-14-11-8-5-2/h8,11,17,19,23,41,46,48,63H,4-7,9-10,12-16,18,20-22,24-40,42-45,47,49-62H2,1-3H3/b11-8-,19-17-,41-23-,48-46-. The summed E-state index contributed by atoms with van der Waals surface area (Å²) in [4.78, 5) is 37.9. The quantitative estimate of drug-likeness (QED) is 0.0261. The number of esters is 3. The molecule has 0 saturated heterocycles. The topological polar surface area (TPSA) is 78.9 Å². The highest BCUT2D eigenvalue weighted by Gasteiger charge is 2.19. The van der Waals surface area contributed by atoms with Gasteiger partial charge in [0.2, 0.25) is 0 Å². The van der Waals surface area contributed by atoms with E-state index in [2.05, 4.69) is 69.4 Å². The maximum atomic E-state index is 12.8. The fourth-order valence-electron chi connectivity index (χ4n) is 9.38. The molecule has 0 aliphatic rings. The number of hydrogen-bond donors (Lipinski definition) is 0. The maximum Gasteiger partial charge on any atom is 0.306 e. The summed E-state index contributed by atoms with van der Waals surface area (Å²) in [5, 5.41) is 0. The van der Waals surface area contributed by atoms with E-state index in [0.29, 0.717) is 19.3 Å². The van der Waals surface area contributed by atoms with E-state index in [0.717, 1.165) is 77.0 Å². The van der Waals surface area contributed by atoms with Crippen molar-refractivity contribution in [2.45, 2.75) is 341 Å². The van der Waals surface area contributed by atoms with E-state index in [1.54, 1.807) is 0 Å². The minimum atomic E-state index is -0.790. The third-order valence-corrected chi connectivity index (χ3v) is 14.1. The molecule has 72 heavy (non-hydrogen) atoms. The Morgan fingerprint density at radius 3 is 0.847 bits per heavy atom. The number of hydrogen-bond acceptors (Lipinski definition) is 6. The van der Waals surface area contributed by atoms with Gasteiger partial charge in [0.05, 0.1) is 0 Å². The van der Waals surface area contributed by atoms with Crippen molar-refractivity contribution in [2.24, 2.45) is 0 Å². The largest absolute Gasteiger partial charge is 0.462 e. The molecule has 0 bridgehead atoms. The van der Waals surface area contributed by atoms with Crippen LogP contribution in [0.25, 0.3) is 0 Å². The van der Waals surface area contributed by atoms with Gasteiger partial charge in [0.1, 0.15) is 13.2 Å². The zero-order chi connectivity index (χ0) is 52.2. The summed E-state index contributed by atoms with van der Waals surface area (Å²) in [7, 11) is 0. The summed E-state index contributed by atoms with van der Waals surface area (Å²) in [6, 6.07) is 0. The molecule has 0 aromatic carbocycles. The lowest BCUT2D eigenvalue weighted by molar-refractivity contribution is -0.167. The molecule has 0 N–H and O–H groups in total. The lowest BCUT2D eigenvalue weighted by Gasteiger charge is -2.18. The van der Waals surface area contributed by atoms with Gasteiger partial charge in [0, 0.05) is 19.3 Å². The van der Waals surface area contributed by atoms with Gasteiger partial charge in [0.15, 0.2) is 6.10 Å². The summed E-state index contributed by atoms with van der Waals surface area (Å²) < 4.78 is 16.8. The predicted octanol–water partition coefficient (Wildman–Crippen LogP) is 21.4. The molecule has 0 heterocycles. The van der Waals surface area contributed by atoms with Crippen LogP contribution in [0.3, 0.4) is 0 Å². The molecule has 420 valence electrons. The van der Waals surface area contributed by atoms with Gasteiger partial charge in [-0.1, -0.05) is 307 Å². The monoisotopic (exact) mass is 1010 g/mol. The number of carbonyl (C=O) groups excluding carboxylic acids is 3. The molecule has 0 aromatic heterocycles. The van der Waals surface area contributed by atoms with Crippen molar-refractivity contribution in [1.29, 1.82) is 0 Å². The molecular weight excluding hydrogens is 889 g/mol. The van der Waals surface area contributed by atoms with Crippen LogP contribution in [-0.2, 0) is 28.6 Å². The molecule has 6 nitrogen and oxygen atoms in total. The molecule has 0 aliphatic heterocycles. The Bertz CT molecular complexity index is 1250. The molecular formula is C66H120O6. The second-order valence-electron chi connectivity index (χ2n) is 21.3. The molecule has 0 amide bonds. The van der Waals surface area contributed by atoms with Crippen LogP contribution in [0.2, 0.25) is 0 Å². The summed E-state index contributed by atoms with van der Waals surface area (Å²) in [5.41, 5.74) is 0. The van der Waals surface area contributed by atoms with E-state index in [4.69, 9.17) is 14.2 Å². The molecule has 0 rings (SSSR count). The van der Waals surface area contributed by atoms with Crippen LogP contribution < -0.4 is 0 Å². The van der Waals surface area contributed by atoms with E-state index in [9.17, 15) is 14.4 Å². The number of ether oxygens (including phenoxy) is 3. The first-order valence-electron chi connectivity index (χ1n) is 31.6. The normalized spacial score (nSPS) is 12.3. The third kappa shape index (κ3) is 58.3. The Kier molecular flexibility index (Phi) is 58.7. The van der Waals surface area contributed by atoms with Gasteiger partial charge in [-0.15, -0.1) is 0 Å². The van der Waals surface area contributed by atoms with Gasteiger partial charge in [-0.25, -0.2) is 0 Å². The summed E-state index contributed by atoms with van der Waals surface area (Å²) in [6.45, 7) is 6.49. The van der Waals surface area contributed by atoms with Crippen molar-refractivity contribution in [3.63, 3.8) is 0 Å². The zero-order valence-electron chi connectivity index (χ0n) is 48.2. The van der Waals surface area contributed by atoms with Crippen molar-refractivity contribution < 1.29 is 28.6 Å². The van der Waals surface area contributed by atoms with E-state index >= 15 is 0 Å². The average Bonchev–Trinajstić information content (AvgIpc) is 3.38. The first-order valence-corrected chi connectivity index (χ1v) is 31.6. The van der Waals surface area contributed by atoms with E-state index in [1.807, 2.05) is 0 Å². The smallest absolute Gasteiger partial charge is 0.306 e. The Labute approximate surface area is 448 Å². The lowest BCUT2D eigenvalue weighted by atomic mass is 10.0. The van der Waals surface area contributed by atoms with Gasteiger partial charge >= 0.3 is 17.9 Å². The van der Waals surface area contributed by atoms with Crippen LogP contribution in [0, 0.1) is 0 Å². The second kappa shape index (κ2) is 60.9. The van der Waals surface area contributed by atoms with Crippen molar-refractivity contribution in [3.05, 3.63) is 48.6 Å². The van der Waals surface area contributed by atoms with Crippen molar-refractivity contribution in [3.8, 4) is 0 Å². The molecule has 1 atom stereocenters. The molecule has 6 heteroatoms. The van der Waals surface area contributed by atoms with Crippen LogP contribution in [0.15, 0.2) is 48.6 Å². The predicted molar refractivity (Wildman–Crippen MR) is 312 cm³/mol. The van der Waals surface area contributed by atoms with Crippen molar-refractivity contribution in [1.82, 2.24) is 0 Å². The summed E-state index contributed by atoms with van der Waals surface area (Å²) in [5.74, 6) is -0.921. The Hall–Kier alpha value is -2.63. The highest BCUT2D eigenvalue weighted by Crippen LogP contribution is 2.18. The fraction of sp³-hybridized carbons (Fsp3) is 0.833. The van der Waals surface area contributed by atoms with Crippen LogP contribution in [0.1, 0.15) is 335 Å². The molecule has 0 fully saturated rings. The summed E-state index contributed by atoms with van der Waals surface area (Å²) >= 11 is 0. The average molecular weight is 1010 g/mol. The van der Waals surface area contributed by atoms with Crippen molar-refractivity contribution >= 4 is 17.9 Å². The minimum absolute atomic E-state index is 0.0864.